The van der Waals surface area contributed by atoms with Crippen molar-refractivity contribution in [2.45, 2.75) is 19.9 Å². The summed E-state index contributed by atoms with van der Waals surface area (Å²) in [6.45, 7) is 7.16. The third-order valence-electron chi connectivity index (χ3n) is 4.51. The first-order valence-electron chi connectivity index (χ1n) is 9.12. The van der Waals surface area contributed by atoms with Gasteiger partial charge in [0.05, 0.1) is 20.3 Å². The highest BCUT2D eigenvalue weighted by Gasteiger charge is 2.19. The molecule has 6 nitrogen and oxygen atoms in total. The molecule has 0 spiro atoms. The fraction of sp³-hybridized carbons (Fsp3) is 0.450. The summed E-state index contributed by atoms with van der Waals surface area (Å²) < 4.78 is 10.7. The molecule has 0 saturated carbocycles. The van der Waals surface area contributed by atoms with Gasteiger partial charge in [0.25, 0.3) is 0 Å². The average Bonchev–Trinajstić information content (AvgIpc) is 3.24. The zero-order valence-electron chi connectivity index (χ0n) is 17.2. The molecule has 2 aromatic rings. The molecule has 28 heavy (non-hydrogen) atoms. The van der Waals surface area contributed by atoms with Crippen molar-refractivity contribution in [3.8, 4) is 11.5 Å². The number of aliphatic imine (C=N–C) groups is 1. The molecule has 1 heterocycles. The van der Waals surface area contributed by atoms with Gasteiger partial charge in [0.15, 0.2) is 17.5 Å². The lowest BCUT2D eigenvalue weighted by Gasteiger charge is -2.30. The third-order valence-corrected chi connectivity index (χ3v) is 5.22. The molecule has 0 aliphatic heterocycles. The molecule has 1 aromatic carbocycles. The van der Waals surface area contributed by atoms with Gasteiger partial charge in [-0.1, -0.05) is 13.8 Å². The Morgan fingerprint density at radius 2 is 1.86 bits per heavy atom. The lowest BCUT2D eigenvalue weighted by Crippen LogP contribution is -2.40. The average molecular weight is 518 g/mol. The van der Waals surface area contributed by atoms with E-state index < -0.39 is 0 Å². The summed E-state index contributed by atoms with van der Waals surface area (Å²) in [5, 5.41) is 11.1. The third kappa shape index (κ3) is 6.52. The van der Waals surface area contributed by atoms with Gasteiger partial charge in [-0.05, 0) is 47.6 Å². The summed E-state index contributed by atoms with van der Waals surface area (Å²) in [4.78, 5) is 6.80. The van der Waals surface area contributed by atoms with Crippen LogP contribution >= 0.6 is 35.3 Å². The van der Waals surface area contributed by atoms with Gasteiger partial charge in [-0.2, -0.15) is 11.3 Å². The summed E-state index contributed by atoms with van der Waals surface area (Å²) >= 11 is 1.73. The maximum Gasteiger partial charge on any atom is 0.195 e. The second-order valence-electron chi connectivity index (χ2n) is 5.94. The van der Waals surface area contributed by atoms with E-state index in [0.29, 0.717) is 17.5 Å². The van der Waals surface area contributed by atoms with Gasteiger partial charge in [-0.3, -0.25) is 9.89 Å². The topological polar surface area (TPSA) is 58.1 Å². The van der Waals surface area contributed by atoms with Gasteiger partial charge in [0, 0.05) is 25.3 Å². The SMILES string of the molecule is CCN(CC)C(CNC(=NC)Nc1ccc(OC)c(OC)c1)c1ccsc1.I. The molecular weight excluding hydrogens is 487 g/mol. The normalized spacial score (nSPS) is 12.3. The minimum Gasteiger partial charge on any atom is -0.493 e. The molecule has 1 aromatic heterocycles. The van der Waals surface area contributed by atoms with Gasteiger partial charge >= 0.3 is 0 Å². The molecule has 1 unspecified atom stereocenters. The predicted molar refractivity (Wildman–Crippen MR) is 130 cm³/mol. The Morgan fingerprint density at radius 3 is 2.39 bits per heavy atom. The highest BCUT2D eigenvalue weighted by atomic mass is 127. The fourth-order valence-electron chi connectivity index (χ4n) is 3.01. The van der Waals surface area contributed by atoms with Crippen LogP contribution in [0.5, 0.6) is 11.5 Å². The van der Waals surface area contributed by atoms with Gasteiger partial charge in [0.1, 0.15) is 0 Å². The van der Waals surface area contributed by atoms with Crippen molar-refractivity contribution in [2.24, 2.45) is 4.99 Å². The minimum absolute atomic E-state index is 0. The first kappa shape index (κ1) is 24.5. The highest BCUT2D eigenvalue weighted by Crippen LogP contribution is 2.29. The van der Waals surface area contributed by atoms with Gasteiger partial charge in [0.2, 0.25) is 0 Å². The van der Waals surface area contributed by atoms with E-state index >= 15 is 0 Å². The molecule has 0 fully saturated rings. The molecule has 0 bridgehead atoms. The molecule has 0 saturated heterocycles. The van der Waals surface area contributed by atoms with Crippen LogP contribution in [0.1, 0.15) is 25.5 Å². The Balaban J connectivity index is 0.00000392. The van der Waals surface area contributed by atoms with Crippen LogP contribution in [0.15, 0.2) is 40.0 Å². The maximum atomic E-state index is 5.37. The molecular formula is C20H31IN4O2S. The van der Waals surface area contributed by atoms with Crippen LogP contribution in [0.25, 0.3) is 0 Å². The Morgan fingerprint density at radius 1 is 1.14 bits per heavy atom. The van der Waals surface area contributed by atoms with E-state index in [9.17, 15) is 0 Å². The smallest absolute Gasteiger partial charge is 0.195 e. The van der Waals surface area contributed by atoms with E-state index in [-0.39, 0.29) is 24.0 Å². The van der Waals surface area contributed by atoms with Crippen molar-refractivity contribution in [3.63, 3.8) is 0 Å². The first-order chi connectivity index (χ1) is 13.2. The molecule has 1 atom stereocenters. The van der Waals surface area contributed by atoms with Crippen LogP contribution in [-0.2, 0) is 0 Å². The van der Waals surface area contributed by atoms with Crippen molar-refractivity contribution in [2.75, 3.05) is 46.2 Å². The van der Waals surface area contributed by atoms with Crippen molar-refractivity contribution < 1.29 is 9.47 Å². The lowest BCUT2D eigenvalue weighted by molar-refractivity contribution is 0.219. The number of thiophene rings is 1. The highest BCUT2D eigenvalue weighted by molar-refractivity contribution is 14.0. The molecule has 0 aliphatic carbocycles. The zero-order valence-corrected chi connectivity index (χ0v) is 20.3. The van der Waals surface area contributed by atoms with E-state index in [2.05, 4.69) is 51.2 Å². The monoisotopic (exact) mass is 518 g/mol. The van der Waals surface area contributed by atoms with Crippen molar-refractivity contribution in [1.29, 1.82) is 0 Å². The number of anilines is 1. The molecule has 0 radical (unpaired) electrons. The molecule has 8 heteroatoms. The van der Waals surface area contributed by atoms with Crippen molar-refractivity contribution >= 4 is 47.0 Å². The number of hydrogen-bond donors (Lipinski definition) is 2. The summed E-state index contributed by atoms with van der Waals surface area (Å²) in [6.07, 6.45) is 0. The summed E-state index contributed by atoms with van der Waals surface area (Å²) in [5.41, 5.74) is 2.22. The van der Waals surface area contributed by atoms with E-state index in [1.165, 1.54) is 5.56 Å². The van der Waals surface area contributed by atoms with Crippen LogP contribution < -0.4 is 20.1 Å². The predicted octanol–water partition coefficient (Wildman–Crippen LogP) is 4.45. The largest absolute Gasteiger partial charge is 0.493 e. The zero-order chi connectivity index (χ0) is 19.6. The van der Waals surface area contributed by atoms with E-state index in [0.717, 1.165) is 31.3 Å². The maximum absolute atomic E-state index is 5.37. The van der Waals surface area contributed by atoms with Gasteiger partial charge < -0.3 is 20.1 Å². The van der Waals surface area contributed by atoms with Crippen LogP contribution in [0.2, 0.25) is 0 Å². The number of ether oxygens (including phenoxy) is 2. The summed E-state index contributed by atoms with van der Waals surface area (Å²) in [5.74, 6) is 2.09. The van der Waals surface area contributed by atoms with E-state index in [1.54, 1.807) is 32.6 Å². The second kappa shape index (κ2) is 12.8. The Labute approximate surface area is 189 Å². The Bertz CT molecular complexity index is 721. The van der Waals surface area contributed by atoms with Gasteiger partial charge in [-0.15, -0.1) is 24.0 Å². The minimum atomic E-state index is 0. The number of guanidine groups is 1. The standard InChI is InChI=1S/C20H30N4O2S.HI/c1-6-24(7-2)17(15-10-11-27-14-15)13-22-20(21-3)23-16-8-9-18(25-4)19(12-16)26-5;/h8-12,14,17H,6-7,13H2,1-5H3,(H2,21,22,23);1H. The first-order valence-corrected chi connectivity index (χ1v) is 10.1. The molecule has 0 amide bonds. The number of halogens is 1. The molecule has 2 rings (SSSR count). The van der Waals surface area contributed by atoms with E-state index in [4.69, 9.17) is 9.47 Å². The number of nitrogens with one attached hydrogen (secondary N) is 2. The number of likely N-dealkylation sites (N-methyl/N-ethyl adjacent to an activating group) is 1. The lowest BCUT2D eigenvalue weighted by atomic mass is 10.1. The van der Waals surface area contributed by atoms with Crippen molar-refractivity contribution in [1.82, 2.24) is 10.2 Å². The van der Waals surface area contributed by atoms with E-state index in [1.807, 2.05) is 18.2 Å². The second-order valence-corrected chi connectivity index (χ2v) is 6.72. The molecule has 156 valence electrons. The van der Waals surface area contributed by atoms with Crippen LogP contribution in [0.3, 0.4) is 0 Å². The Hall–Kier alpha value is -1.52. The fourth-order valence-corrected chi connectivity index (χ4v) is 3.72. The van der Waals surface area contributed by atoms with Crippen LogP contribution in [-0.4, -0.2) is 51.8 Å². The van der Waals surface area contributed by atoms with Gasteiger partial charge in [-0.25, -0.2) is 0 Å². The number of rotatable bonds is 9. The quantitative estimate of drug-likeness (QED) is 0.292. The van der Waals surface area contributed by atoms with Crippen molar-refractivity contribution in [3.05, 3.63) is 40.6 Å². The molecule has 0 aliphatic rings. The number of benzene rings is 1. The van der Waals surface area contributed by atoms with Crippen LogP contribution in [0, 0.1) is 0 Å². The number of hydrogen-bond acceptors (Lipinski definition) is 5. The summed E-state index contributed by atoms with van der Waals surface area (Å²) in [7, 11) is 5.03. The molecule has 2 N–H and O–H groups in total. The summed E-state index contributed by atoms with van der Waals surface area (Å²) in [6, 6.07) is 8.20. The Kier molecular flexibility index (Phi) is 11.2. The number of methoxy groups -OCH3 is 2. The van der Waals surface area contributed by atoms with Crippen LogP contribution in [0.4, 0.5) is 5.69 Å². The number of nitrogens with zero attached hydrogens (tertiary/aromatic N) is 2.